The highest BCUT2D eigenvalue weighted by atomic mass is 16.3. The maximum Gasteiger partial charge on any atom is 0.263 e. The molecule has 0 unspecified atom stereocenters. The molecule has 0 saturated carbocycles. The van der Waals surface area contributed by atoms with E-state index in [2.05, 4.69) is 25.5 Å². The van der Waals surface area contributed by atoms with Gasteiger partial charge in [-0.3, -0.25) is 10.1 Å². The molecule has 1 aliphatic rings. The topological polar surface area (TPSA) is 105 Å². The summed E-state index contributed by atoms with van der Waals surface area (Å²) in [6.07, 6.45) is 5.73. The Bertz CT molecular complexity index is 932. The number of aliphatic hydroxyl groups excluding tert-OH is 1. The van der Waals surface area contributed by atoms with Gasteiger partial charge in [0.25, 0.3) is 5.91 Å². The molecule has 2 N–H and O–H groups in total. The third-order valence-electron chi connectivity index (χ3n) is 3.69. The Labute approximate surface area is 130 Å². The Morgan fingerprint density at radius 2 is 2.17 bits per heavy atom. The average molecular weight is 308 g/mol. The van der Waals surface area contributed by atoms with Crippen molar-refractivity contribution in [2.75, 3.05) is 5.32 Å². The lowest BCUT2D eigenvalue weighted by molar-refractivity contribution is -0.111. The van der Waals surface area contributed by atoms with Crippen molar-refractivity contribution in [2.24, 2.45) is 0 Å². The van der Waals surface area contributed by atoms with Crippen LogP contribution in [0.2, 0.25) is 0 Å². The normalized spacial score (nSPS) is 13.9. The van der Waals surface area contributed by atoms with Crippen molar-refractivity contribution in [1.82, 2.24) is 24.6 Å². The first-order valence-corrected chi connectivity index (χ1v) is 7.07. The number of hydrogen-bond donors (Lipinski definition) is 2. The molecule has 8 nitrogen and oxygen atoms in total. The minimum atomic E-state index is -0.500. The van der Waals surface area contributed by atoms with E-state index in [4.69, 9.17) is 0 Å². The SMILES string of the molecule is O=C(Nc1nccnn1)C1=C(O)CCc2c1nc1ccccn21. The summed E-state index contributed by atoms with van der Waals surface area (Å²) < 4.78 is 1.93. The second-order valence-electron chi connectivity index (χ2n) is 5.08. The van der Waals surface area contributed by atoms with Crippen LogP contribution in [0.1, 0.15) is 17.8 Å². The molecule has 0 aromatic carbocycles. The van der Waals surface area contributed by atoms with Crippen molar-refractivity contribution in [3.8, 4) is 0 Å². The molecule has 0 fully saturated rings. The Morgan fingerprint density at radius 1 is 1.26 bits per heavy atom. The minimum Gasteiger partial charge on any atom is -0.511 e. The third-order valence-corrected chi connectivity index (χ3v) is 3.69. The van der Waals surface area contributed by atoms with Gasteiger partial charge in [0.05, 0.1) is 18.1 Å². The van der Waals surface area contributed by atoms with Crippen LogP contribution in [0.15, 0.2) is 42.5 Å². The number of amides is 1. The van der Waals surface area contributed by atoms with Crippen molar-refractivity contribution >= 4 is 23.1 Å². The van der Waals surface area contributed by atoms with Gasteiger partial charge in [-0.15, -0.1) is 5.10 Å². The lowest BCUT2D eigenvalue weighted by Gasteiger charge is -2.15. The van der Waals surface area contributed by atoms with Crippen LogP contribution in [0, 0.1) is 0 Å². The molecule has 0 spiro atoms. The quantitative estimate of drug-likeness (QED) is 0.741. The Kier molecular flexibility index (Phi) is 3.00. The number of nitrogens with one attached hydrogen (secondary N) is 1. The number of fused-ring (bicyclic) bond motifs is 3. The zero-order valence-electron chi connectivity index (χ0n) is 12.0. The van der Waals surface area contributed by atoms with Crippen molar-refractivity contribution < 1.29 is 9.90 Å². The summed E-state index contributed by atoms with van der Waals surface area (Å²) in [6, 6.07) is 5.63. The van der Waals surface area contributed by atoms with Crippen LogP contribution in [0.4, 0.5) is 5.95 Å². The number of anilines is 1. The summed E-state index contributed by atoms with van der Waals surface area (Å²) in [5, 5.41) is 20.1. The summed E-state index contributed by atoms with van der Waals surface area (Å²) in [5.41, 5.74) is 2.27. The fourth-order valence-electron chi connectivity index (χ4n) is 2.69. The Hall–Kier alpha value is -3.29. The molecule has 8 heteroatoms. The number of pyridine rings is 1. The van der Waals surface area contributed by atoms with E-state index in [0.717, 1.165) is 11.3 Å². The lowest BCUT2D eigenvalue weighted by Crippen LogP contribution is -2.20. The maximum absolute atomic E-state index is 12.5. The molecule has 3 heterocycles. The third kappa shape index (κ3) is 2.20. The van der Waals surface area contributed by atoms with Crippen LogP contribution in [0.3, 0.4) is 0 Å². The molecule has 1 amide bonds. The number of rotatable bonds is 2. The molecule has 3 aromatic rings. The van der Waals surface area contributed by atoms with Gasteiger partial charge < -0.3 is 9.51 Å². The van der Waals surface area contributed by atoms with Crippen molar-refractivity contribution in [3.05, 3.63) is 53.9 Å². The van der Waals surface area contributed by atoms with Gasteiger partial charge in [0, 0.05) is 12.6 Å². The van der Waals surface area contributed by atoms with Crippen LogP contribution < -0.4 is 5.32 Å². The van der Waals surface area contributed by atoms with Crippen LogP contribution in [-0.4, -0.2) is 35.6 Å². The summed E-state index contributed by atoms with van der Waals surface area (Å²) in [6.45, 7) is 0. The largest absolute Gasteiger partial charge is 0.511 e. The van der Waals surface area contributed by atoms with Crippen molar-refractivity contribution in [2.45, 2.75) is 12.8 Å². The number of aliphatic hydroxyl groups is 1. The van der Waals surface area contributed by atoms with Crippen LogP contribution >= 0.6 is 0 Å². The van der Waals surface area contributed by atoms with Gasteiger partial charge in [0.2, 0.25) is 5.95 Å². The number of hydrogen-bond acceptors (Lipinski definition) is 6. The van der Waals surface area contributed by atoms with E-state index < -0.39 is 5.91 Å². The first kappa shape index (κ1) is 13.4. The summed E-state index contributed by atoms with van der Waals surface area (Å²) in [4.78, 5) is 20.9. The molecule has 4 rings (SSSR count). The molecular weight excluding hydrogens is 296 g/mol. The highest BCUT2D eigenvalue weighted by Crippen LogP contribution is 2.31. The number of aryl methyl sites for hydroxylation is 1. The zero-order chi connectivity index (χ0) is 15.8. The number of allylic oxidation sites excluding steroid dienone is 1. The monoisotopic (exact) mass is 308 g/mol. The Balaban J connectivity index is 1.78. The minimum absolute atomic E-state index is 0.0160. The molecule has 3 aromatic heterocycles. The van der Waals surface area contributed by atoms with Gasteiger partial charge in [-0.2, -0.15) is 5.10 Å². The summed E-state index contributed by atoms with van der Waals surface area (Å²) in [5.74, 6) is -0.407. The van der Waals surface area contributed by atoms with E-state index in [0.29, 0.717) is 18.5 Å². The van der Waals surface area contributed by atoms with E-state index >= 15 is 0 Å². The molecular formula is C15H12N6O2. The molecule has 0 saturated heterocycles. The van der Waals surface area contributed by atoms with E-state index in [1.54, 1.807) is 0 Å². The van der Waals surface area contributed by atoms with Gasteiger partial charge in [-0.1, -0.05) is 6.07 Å². The van der Waals surface area contributed by atoms with Gasteiger partial charge in [0.1, 0.15) is 22.7 Å². The highest BCUT2D eigenvalue weighted by molar-refractivity contribution is 6.25. The maximum atomic E-state index is 12.5. The standard InChI is InChI=1S/C15H12N6O2/c22-10-5-4-9-13(18-11-3-1-2-8-21(9)11)12(10)14(23)19-15-16-6-7-17-20-15/h1-3,6-8,22H,4-5H2,(H,16,19,20,23). The summed E-state index contributed by atoms with van der Waals surface area (Å²) in [7, 11) is 0. The fraction of sp³-hybridized carbons (Fsp3) is 0.133. The van der Waals surface area contributed by atoms with E-state index in [1.165, 1.54) is 12.4 Å². The molecule has 0 aliphatic heterocycles. The predicted octanol–water partition coefficient (Wildman–Crippen LogP) is 1.37. The molecule has 114 valence electrons. The Morgan fingerprint density at radius 3 is 3.00 bits per heavy atom. The van der Waals surface area contributed by atoms with Gasteiger partial charge in [0.15, 0.2) is 0 Å². The molecule has 1 aliphatic carbocycles. The number of carbonyl (C=O) groups excluding carboxylic acids is 1. The van der Waals surface area contributed by atoms with E-state index in [1.807, 2.05) is 28.8 Å². The first-order valence-electron chi connectivity index (χ1n) is 7.07. The van der Waals surface area contributed by atoms with Crippen LogP contribution in [0.25, 0.3) is 11.2 Å². The van der Waals surface area contributed by atoms with Crippen LogP contribution in [-0.2, 0) is 11.2 Å². The average Bonchev–Trinajstić information content (AvgIpc) is 2.93. The second kappa shape index (κ2) is 5.16. The highest BCUT2D eigenvalue weighted by Gasteiger charge is 2.29. The zero-order valence-corrected chi connectivity index (χ0v) is 12.0. The lowest BCUT2D eigenvalue weighted by atomic mass is 9.97. The second-order valence-corrected chi connectivity index (χ2v) is 5.08. The number of nitrogens with zero attached hydrogens (tertiary/aromatic N) is 5. The predicted molar refractivity (Wildman–Crippen MR) is 81.5 cm³/mol. The molecule has 23 heavy (non-hydrogen) atoms. The number of imidazole rings is 1. The number of carbonyl (C=O) groups is 1. The molecule has 0 radical (unpaired) electrons. The van der Waals surface area contributed by atoms with E-state index in [9.17, 15) is 9.90 Å². The fourth-order valence-corrected chi connectivity index (χ4v) is 2.69. The first-order chi connectivity index (χ1) is 11.2. The van der Waals surface area contributed by atoms with Gasteiger partial charge in [-0.25, -0.2) is 9.97 Å². The molecule has 0 atom stereocenters. The van der Waals surface area contributed by atoms with Crippen LogP contribution in [0.5, 0.6) is 0 Å². The van der Waals surface area contributed by atoms with E-state index in [-0.39, 0.29) is 17.3 Å². The molecule has 0 bridgehead atoms. The summed E-state index contributed by atoms with van der Waals surface area (Å²) >= 11 is 0. The van der Waals surface area contributed by atoms with Gasteiger partial charge >= 0.3 is 0 Å². The van der Waals surface area contributed by atoms with Crippen molar-refractivity contribution in [1.29, 1.82) is 0 Å². The smallest absolute Gasteiger partial charge is 0.263 e. The number of aromatic nitrogens is 5. The van der Waals surface area contributed by atoms with Gasteiger partial charge in [-0.05, 0) is 18.6 Å². The van der Waals surface area contributed by atoms with Crippen molar-refractivity contribution in [3.63, 3.8) is 0 Å².